The normalized spacial score (nSPS) is 14.5. The number of imidazole rings is 1. The molecule has 1 saturated carbocycles. The van der Waals surface area contributed by atoms with E-state index in [4.69, 9.17) is 10.9 Å². The summed E-state index contributed by atoms with van der Waals surface area (Å²) in [5.74, 6) is 5.41. The van der Waals surface area contributed by atoms with E-state index >= 15 is 0 Å². The van der Waals surface area contributed by atoms with E-state index in [1.165, 1.54) is 0 Å². The molecule has 6 rings (SSSR count). The zero-order valence-electron chi connectivity index (χ0n) is 19.5. The van der Waals surface area contributed by atoms with Gasteiger partial charge < -0.3 is 5.84 Å². The first-order valence-corrected chi connectivity index (χ1v) is 11.9. The summed E-state index contributed by atoms with van der Waals surface area (Å²) in [6.45, 7) is 0. The van der Waals surface area contributed by atoms with Crippen LogP contribution in [0.15, 0.2) is 101 Å². The summed E-state index contributed by atoms with van der Waals surface area (Å²) in [7, 11) is 0. The highest BCUT2D eigenvalue weighted by Crippen LogP contribution is 2.45. The van der Waals surface area contributed by atoms with Crippen molar-refractivity contribution >= 4 is 5.65 Å². The number of nitrogens with two attached hydrogens (primary N) is 1. The minimum atomic E-state index is -0.309. The first-order chi connectivity index (χ1) is 17.7. The third kappa shape index (κ3) is 3.60. The van der Waals surface area contributed by atoms with E-state index in [0.717, 1.165) is 64.1 Å². The summed E-state index contributed by atoms with van der Waals surface area (Å²) < 4.78 is 1.85. The first kappa shape index (κ1) is 21.7. The Kier molecular flexibility index (Phi) is 5.27. The SMILES string of the molecule is N#Cc1cccc(-c2cnc3cc(-c4ccccc4)c(-c4ccc(C5(N=NN)CCC5)cc4)nn23)c1. The van der Waals surface area contributed by atoms with E-state index < -0.39 is 0 Å². The van der Waals surface area contributed by atoms with Gasteiger partial charge in [0.15, 0.2) is 5.65 Å². The van der Waals surface area contributed by atoms with Crippen molar-refractivity contribution in [1.29, 1.82) is 5.26 Å². The fourth-order valence-electron chi connectivity index (χ4n) is 4.92. The summed E-state index contributed by atoms with van der Waals surface area (Å²) in [4.78, 5) is 4.64. The molecule has 0 bridgehead atoms. The predicted molar refractivity (Wildman–Crippen MR) is 139 cm³/mol. The Morgan fingerprint density at radius 1 is 0.889 bits per heavy atom. The van der Waals surface area contributed by atoms with E-state index in [1.54, 1.807) is 12.3 Å². The van der Waals surface area contributed by atoms with Gasteiger partial charge in [-0.25, -0.2) is 9.50 Å². The van der Waals surface area contributed by atoms with Crippen molar-refractivity contribution in [2.75, 3.05) is 0 Å². The highest BCUT2D eigenvalue weighted by Gasteiger charge is 2.39. The van der Waals surface area contributed by atoms with Crippen LogP contribution in [-0.4, -0.2) is 14.6 Å². The van der Waals surface area contributed by atoms with Crippen LogP contribution in [0.25, 0.3) is 39.3 Å². The molecule has 1 fully saturated rings. The maximum atomic E-state index is 9.36. The monoisotopic (exact) mass is 469 g/mol. The van der Waals surface area contributed by atoms with Crippen molar-refractivity contribution in [3.8, 4) is 39.7 Å². The van der Waals surface area contributed by atoms with Gasteiger partial charge in [0.05, 0.1) is 29.2 Å². The molecular formula is C29H23N7. The molecule has 5 aromatic rings. The molecule has 174 valence electrons. The van der Waals surface area contributed by atoms with Crippen LogP contribution < -0.4 is 5.84 Å². The van der Waals surface area contributed by atoms with Crippen LogP contribution in [0.1, 0.15) is 30.4 Å². The fraction of sp³-hybridized carbons (Fsp3) is 0.138. The van der Waals surface area contributed by atoms with Crippen LogP contribution in [-0.2, 0) is 5.54 Å². The van der Waals surface area contributed by atoms with Crippen LogP contribution in [0.4, 0.5) is 0 Å². The molecule has 7 nitrogen and oxygen atoms in total. The minimum Gasteiger partial charge on any atom is -0.305 e. The Hall–Kier alpha value is -4.83. The molecular weight excluding hydrogens is 446 g/mol. The quantitative estimate of drug-likeness (QED) is 0.185. The number of benzene rings is 3. The third-order valence-electron chi connectivity index (χ3n) is 6.99. The van der Waals surface area contributed by atoms with Gasteiger partial charge >= 0.3 is 0 Å². The minimum absolute atomic E-state index is 0.309. The largest absolute Gasteiger partial charge is 0.305 e. The van der Waals surface area contributed by atoms with Gasteiger partial charge in [0.2, 0.25) is 0 Å². The zero-order chi connectivity index (χ0) is 24.5. The first-order valence-electron chi connectivity index (χ1n) is 11.9. The Morgan fingerprint density at radius 2 is 1.67 bits per heavy atom. The lowest BCUT2D eigenvalue weighted by atomic mass is 9.72. The Labute approximate surface area is 208 Å². The molecule has 0 radical (unpaired) electrons. The van der Waals surface area contributed by atoms with E-state index in [-0.39, 0.29) is 5.54 Å². The summed E-state index contributed by atoms with van der Waals surface area (Å²) in [5, 5.41) is 22.4. The molecule has 0 atom stereocenters. The van der Waals surface area contributed by atoms with Gasteiger partial charge in [-0.3, -0.25) is 0 Å². The van der Waals surface area contributed by atoms with E-state index in [2.05, 4.69) is 63.9 Å². The summed E-state index contributed by atoms with van der Waals surface area (Å²) in [6, 6.07) is 30.4. The number of aromatic nitrogens is 3. The molecule has 7 heteroatoms. The summed E-state index contributed by atoms with van der Waals surface area (Å²) in [6.07, 6.45) is 4.82. The molecule has 0 aliphatic heterocycles. The molecule has 2 heterocycles. The van der Waals surface area contributed by atoms with Crippen LogP contribution >= 0.6 is 0 Å². The van der Waals surface area contributed by atoms with Crippen molar-refractivity contribution in [2.45, 2.75) is 24.8 Å². The van der Waals surface area contributed by atoms with Crippen molar-refractivity contribution in [3.63, 3.8) is 0 Å². The number of nitrogens with zero attached hydrogens (tertiary/aromatic N) is 6. The smallest absolute Gasteiger partial charge is 0.154 e. The van der Waals surface area contributed by atoms with Gasteiger partial charge in [0, 0.05) is 16.7 Å². The standard InChI is InChI=1S/C29H23N7/c30-18-20-6-4-9-23(16-20)26-19-32-27-17-25(21-7-2-1-3-8-21)28(33-36(26)27)22-10-12-24(13-11-22)29(34-35-31)14-5-15-29/h1-4,6-13,16-17,19H,5,14-15H2,(H2,31,34). The Morgan fingerprint density at radius 3 is 2.36 bits per heavy atom. The van der Waals surface area contributed by atoms with E-state index in [1.807, 2.05) is 40.9 Å². The van der Waals surface area contributed by atoms with Crippen molar-refractivity contribution in [1.82, 2.24) is 14.6 Å². The highest BCUT2D eigenvalue weighted by molar-refractivity contribution is 5.83. The number of nitriles is 1. The maximum absolute atomic E-state index is 9.36. The fourth-order valence-corrected chi connectivity index (χ4v) is 4.92. The van der Waals surface area contributed by atoms with Gasteiger partial charge in [-0.1, -0.05) is 72.0 Å². The molecule has 3 aromatic carbocycles. The molecule has 2 aromatic heterocycles. The van der Waals surface area contributed by atoms with Gasteiger partial charge in [-0.2, -0.15) is 15.5 Å². The van der Waals surface area contributed by atoms with Crippen molar-refractivity contribution in [3.05, 3.63) is 102 Å². The summed E-state index contributed by atoms with van der Waals surface area (Å²) in [5.41, 5.74) is 7.76. The lowest BCUT2D eigenvalue weighted by Gasteiger charge is -2.37. The molecule has 1 aliphatic rings. The second-order valence-corrected chi connectivity index (χ2v) is 9.06. The van der Waals surface area contributed by atoms with Crippen molar-refractivity contribution < 1.29 is 0 Å². The van der Waals surface area contributed by atoms with Crippen molar-refractivity contribution in [2.24, 2.45) is 16.2 Å². The molecule has 0 saturated heterocycles. The lowest BCUT2D eigenvalue weighted by molar-refractivity contribution is 0.242. The Balaban J connectivity index is 1.52. The molecule has 0 spiro atoms. The molecule has 0 unspecified atom stereocenters. The van der Waals surface area contributed by atoms with Crippen LogP contribution in [0.3, 0.4) is 0 Å². The van der Waals surface area contributed by atoms with E-state index in [0.29, 0.717) is 5.56 Å². The third-order valence-corrected chi connectivity index (χ3v) is 6.99. The molecule has 2 N–H and O–H groups in total. The lowest BCUT2D eigenvalue weighted by Crippen LogP contribution is -2.31. The van der Waals surface area contributed by atoms with Gasteiger partial charge in [-0.15, -0.1) is 0 Å². The average Bonchev–Trinajstić information content (AvgIpc) is 3.34. The Bertz CT molecular complexity index is 1620. The molecule has 1 aliphatic carbocycles. The van der Waals surface area contributed by atoms with Crippen LogP contribution in [0.5, 0.6) is 0 Å². The predicted octanol–water partition coefficient (Wildman–Crippen LogP) is 6.31. The highest BCUT2D eigenvalue weighted by atomic mass is 15.3. The molecule has 36 heavy (non-hydrogen) atoms. The second-order valence-electron chi connectivity index (χ2n) is 9.06. The van der Waals surface area contributed by atoms with E-state index in [9.17, 15) is 5.26 Å². The van der Waals surface area contributed by atoms with Crippen LogP contribution in [0, 0.1) is 11.3 Å². The van der Waals surface area contributed by atoms with Gasteiger partial charge in [-0.05, 0) is 48.6 Å². The van der Waals surface area contributed by atoms with Gasteiger partial charge in [0.25, 0.3) is 0 Å². The number of hydrogen-bond donors (Lipinski definition) is 1. The topological polar surface area (TPSA) is 105 Å². The van der Waals surface area contributed by atoms with Gasteiger partial charge in [0.1, 0.15) is 5.54 Å². The molecule has 0 amide bonds. The van der Waals surface area contributed by atoms with Crippen LogP contribution in [0.2, 0.25) is 0 Å². The summed E-state index contributed by atoms with van der Waals surface area (Å²) >= 11 is 0. The number of fused-ring (bicyclic) bond motifs is 1. The average molecular weight is 470 g/mol. The number of rotatable bonds is 5. The zero-order valence-corrected chi connectivity index (χ0v) is 19.5. The maximum Gasteiger partial charge on any atom is 0.154 e. The second kappa shape index (κ2) is 8.75. The number of hydrogen-bond acceptors (Lipinski definition) is 5.